The SMILES string of the molecule is COc1ccccc1-c1nn(-c2ccccc2)cc1C(=O)Nc1nnc(C)s1. The molecule has 7 nitrogen and oxygen atoms in total. The van der Waals surface area contributed by atoms with Gasteiger partial charge in [-0.15, -0.1) is 10.2 Å². The summed E-state index contributed by atoms with van der Waals surface area (Å²) in [6, 6.07) is 17.1. The first-order chi connectivity index (χ1) is 13.7. The monoisotopic (exact) mass is 391 g/mol. The van der Waals surface area contributed by atoms with Crippen molar-refractivity contribution >= 4 is 22.4 Å². The maximum atomic E-state index is 13.0. The number of nitrogens with one attached hydrogen (secondary N) is 1. The van der Waals surface area contributed by atoms with Gasteiger partial charge in [-0.2, -0.15) is 5.10 Å². The third-order valence-corrected chi connectivity index (χ3v) is 4.84. The molecule has 2 aromatic heterocycles. The van der Waals surface area contributed by atoms with Crippen LogP contribution >= 0.6 is 11.3 Å². The molecule has 0 unspecified atom stereocenters. The summed E-state index contributed by atoms with van der Waals surface area (Å²) in [6.45, 7) is 1.83. The minimum atomic E-state index is -0.306. The van der Waals surface area contributed by atoms with Crippen molar-refractivity contribution in [3.63, 3.8) is 0 Å². The van der Waals surface area contributed by atoms with Crippen LogP contribution in [0.4, 0.5) is 5.13 Å². The van der Waals surface area contributed by atoms with E-state index in [1.807, 2.05) is 61.5 Å². The van der Waals surface area contributed by atoms with Gasteiger partial charge >= 0.3 is 0 Å². The number of rotatable bonds is 5. The highest BCUT2D eigenvalue weighted by Crippen LogP contribution is 2.32. The van der Waals surface area contributed by atoms with Crippen molar-refractivity contribution in [3.05, 3.63) is 71.4 Å². The lowest BCUT2D eigenvalue weighted by molar-refractivity contribution is 0.102. The van der Waals surface area contributed by atoms with Crippen LogP contribution in [-0.4, -0.2) is 33.0 Å². The molecule has 0 aliphatic carbocycles. The largest absolute Gasteiger partial charge is 0.496 e. The van der Waals surface area contributed by atoms with Crippen LogP contribution in [-0.2, 0) is 0 Å². The number of para-hydroxylation sites is 2. The lowest BCUT2D eigenvalue weighted by Crippen LogP contribution is -2.12. The number of aromatic nitrogens is 4. The molecule has 0 saturated heterocycles. The van der Waals surface area contributed by atoms with Crippen molar-refractivity contribution < 1.29 is 9.53 Å². The molecule has 0 fully saturated rings. The molecular weight excluding hydrogens is 374 g/mol. The zero-order valence-electron chi connectivity index (χ0n) is 15.3. The molecule has 0 spiro atoms. The molecule has 1 N–H and O–H groups in total. The molecule has 0 saturated carbocycles. The van der Waals surface area contributed by atoms with Crippen molar-refractivity contribution in [2.75, 3.05) is 12.4 Å². The molecule has 0 atom stereocenters. The van der Waals surface area contributed by atoms with Gasteiger partial charge in [-0.25, -0.2) is 4.68 Å². The average molecular weight is 391 g/mol. The lowest BCUT2D eigenvalue weighted by atomic mass is 10.1. The summed E-state index contributed by atoms with van der Waals surface area (Å²) in [6.07, 6.45) is 1.71. The molecule has 8 heteroatoms. The van der Waals surface area contributed by atoms with E-state index in [2.05, 4.69) is 20.6 Å². The lowest BCUT2D eigenvalue weighted by Gasteiger charge is -2.07. The van der Waals surface area contributed by atoms with Crippen molar-refractivity contribution in [2.24, 2.45) is 0 Å². The molecule has 4 aromatic rings. The fraction of sp³-hybridized carbons (Fsp3) is 0.100. The van der Waals surface area contributed by atoms with Crippen LogP contribution in [0.2, 0.25) is 0 Å². The minimum absolute atomic E-state index is 0.306. The van der Waals surface area contributed by atoms with E-state index in [1.54, 1.807) is 18.0 Å². The Hall–Kier alpha value is -3.52. The van der Waals surface area contributed by atoms with E-state index in [0.29, 0.717) is 22.1 Å². The summed E-state index contributed by atoms with van der Waals surface area (Å²) >= 11 is 1.32. The second kappa shape index (κ2) is 7.61. The summed E-state index contributed by atoms with van der Waals surface area (Å²) in [4.78, 5) is 13.0. The van der Waals surface area contributed by atoms with Crippen LogP contribution in [0, 0.1) is 6.92 Å². The van der Waals surface area contributed by atoms with E-state index in [1.165, 1.54) is 11.3 Å². The number of anilines is 1. The topological polar surface area (TPSA) is 81.9 Å². The number of hydrogen-bond donors (Lipinski definition) is 1. The molecule has 2 aromatic carbocycles. The highest BCUT2D eigenvalue weighted by Gasteiger charge is 2.22. The van der Waals surface area contributed by atoms with Gasteiger partial charge in [0.15, 0.2) is 0 Å². The summed E-state index contributed by atoms with van der Waals surface area (Å²) in [7, 11) is 1.59. The third kappa shape index (κ3) is 3.49. The molecule has 0 aliphatic heterocycles. The number of amides is 1. The summed E-state index contributed by atoms with van der Waals surface area (Å²) < 4.78 is 7.15. The molecule has 0 aliphatic rings. The highest BCUT2D eigenvalue weighted by molar-refractivity contribution is 7.15. The van der Waals surface area contributed by atoms with Gasteiger partial charge in [0, 0.05) is 11.8 Å². The average Bonchev–Trinajstić information content (AvgIpc) is 3.35. The highest BCUT2D eigenvalue weighted by atomic mass is 32.1. The predicted molar refractivity (Wildman–Crippen MR) is 108 cm³/mol. The van der Waals surface area contributed by atoms with E-state index in [9.17, 15) is 4.79 Å². The first-order valence-corrected chi connectivity index (χ1v) is 9.37. The molecule has 2 heterocycles. The number of benzene rings is 2. The van der Waals surface area contributed by atoms with E-state index in [-0.39, 0.29) is 5.91 Å². The zero-order chi connectivity index (χ0) is 19.5. The van der Waals surface area contributed by atoms with Crippen LogP contribution < -0.4 is 10.1 Å². The maximum Gasteiger partial charge on any atom is 0.261 e. The van der Waals surface area contributed by atoms with Crippen molar-refractivity contribution in [2.45, 2.75) is 6.92 Å². The maximum absolute atomic E-state index is 13.0. The van der Waals surface area contributed by atoms with Gasteiger partial charge in [-0.1, -0.05) is 41.7 Å². The third-order valence-electron chi connectivity index (χ3n) is 4.09. The predicted octanol–water partition coefficient (Wildman–Crippen LogP) is 3.96. The number of aryl methyl sites for hydroxylation is 1. The standard InChI is InChI=1S/C20H17N5O2S/c1-13-22-23-20(28-13)21-19(26)16-12-25(14-8-4-3-5-9-14)24-18(16)15-10-6-7-11-17(15)27-2/h3-12H,1-2H3,(H,21,23,26). The Morgan fingerprint density at radius 3 is 2.54 bits per heavy atom. The number of carbonyl (C=O) groups is 1. The molecule has 0 radical (unpaired) electrons. The number of carbonyl (C=O) groups excluding carboxylic acids is 1. The van der Waals surface area contributed by atoms with E-state index in [4.69, 9.17) is 4.74 Å². The van der Waals surface area contributed by atoms with Gasteiger partial charge in [0.2, 0.25) is 5.13 Å². The Balaban J connectivity index is 1.81. The van der Waals surface area contributed by atoms with Crippen LogP contribution in [0.1, 0.15) is 15.4 Å². The van der Waals surface area contributed by atoms with Gasteiger partial charge in [0.05, 0.1) is 18.4 Å². The first-order valence-electron chi connectivity index (χ1n) is 8.55. The van der Waals surface area contributed by atoms with Crippen LogP contribution in [0.3, 0.4) is 0 Å². The second-order valence-electron chi connectivity index (χ2n) is 5.95. The molecule has 4 rings (SSSR count). The van der Waals surface area contributed by atoms with Crippen LogP contribution in [0.25, 0.3) is 16.9 Å². The smallest absolute Gasteiger partial charge is 0.261 e. The number of methoxy groups -OCH3 is 1. The van der Waals surface area contributed by atoms with E-state index >= 15 is 0 Å². The van der Waals surface area contributed by atoms with Crippen molar-refractivity contribution in [3.8, 4) is 22.7 Å². The van der Waals surface area contributed by atoms with Gasteiger partial charge < -0.3 is 4.74 Å². The van der Waals surface area contributed by atoms with Gasteiger partial charge in [0.25, 0.3) is 5.91 Å². The first kappa shape index (κ1) is 17.9. The van der Waals surface area contributed by atoms with E-state index in [0.717, 1.165) is 16.3 Å². The number of nitrogens with zero attached hydrogens (tertiary/aromatic N) is 4. The summed E-state index contributed by atoms with van der Waals surface area (Å²) in [5.41, 5.74) is 2.53. The fourth-order valence-electron chi connectivity index (χ4n) is 2.80. The Morgan fingerprint density at radius 2 is 1.82 bits per heavy atom. The molecule has 0 bridgehead atoms. The molecule has 140 valence electrons. The quantitative estimate of drug-likeness (QED) is 0.557. The van der Waals surface area contributed by atoms with Gasteiger partial charge in [0.1, 0.15) is 16.5 Å². The van der Waals surface area contributed by atoms with Crippen molar-refractivity contribution in [1.82, 2.24) is 20.0 Å². The number of hydrogen-bond acceptors (Lipinski definition) is 6. The number of ether oxygens (including phenoxy) is 1. The van der Waals surface area contributed by atoms with Crippen LogP contribution in [0.15, 0.2) is 60.8 Å². The normalized spacial score (nSPS) is 10.6. The van der Waals surface area contributed by atoms with E-state index < -0.39 is 0 Å². The second-order valence-corrected chi connectivity index (χ2v) is 7.13. The fourth-order valence-corrected chi connectivity index (χ4v) is 3.39. The minimum Gasteiger partial charge on any atom is -0.496 e. The Bertz CT molecular complexity index is 1120. The Labute approximate surface area is 165 Å². The Morgan fingerprint density at radius 1 is 1.07 bits per heavy atom. The van der Waals surface area contributed by atoms with Gasteiger partial charge in [-0.05, 0) is 31.2 Å². The Kier molecular flexibility index (Phi) is 4.86. The molecular formula is C20H17N5O2S. The van der Waals surface area contributed by atoms with Crippen molar-refractivity contribution in [1.29, 1.82) is 0 Å². The molecule has 1 amide bonds. The van der Waals surface area contributed by atoms with Gasteiger partial charge in [-0.3, -0.25) is 10.1 Å². The summed E-state index contributed by atoms with van der Waals surface area (Å²) in [5.74, 6) is 0.334. The summed E-state index contributed by atoms with van der Waals surface area (Å²) in [5, 5.41) is 16.6. The zero-order valence-corrected chi connectivity index (χ0v) is 16.1. The van der Waals surface area contributed by atoms with Crippen LogP contribution in [0.5, 0.6) is 5.75 Å². The molecule has 28 heavy (non-hydrogen) atoms.